The molecule has 1 aliphatic heterocycles. The first kappa shape index (κ1) is 12.4. The fourth-order valence-electron chi connectivity index (χ4n) is 1.54. The topological polar surface area (TPSA) is 48.0 Å². The fourth-order valence-corrected chi connectivity index (χ4v) is 1.54. The Hall–Kier alpha value is -0.650. The van der Waals surface area contributed by atoms with E-state index < -0.39 is 0 Å². The maximum absolute atomic E-state index is 11.2. The summed E-state index contributed by atoms with van der Waals surface area (Å²) in [5.41, 5.74) is 0. The normalized spacial score (nSPS) is 21.1. The van der Waals surface area contributed by atoms with Crippen LogP contribution in [0.1, 0.15) is 6.42 Å². The fraction of sp³-hybridized carbons (Fsp3) is 0.900. The van der Waals surface area contributed by atoms with Gasteiger partial charge in [-0.3, -0.25) is 9.69 Å². The maximum atomic E-state index is 11.2. The molecule has 1 saturated heterocycles. The third-order valence-electron chi connectivity index (χ3n) is 2.56. The Morgan fingerprint density at radius 3 is 2.67 bits per heavy atom. The molecule has 0 bridgehead atoms. The van der Waals surface area contributed by atoms with Gasteiger partial charge >= 0.3 is 5.97 Å². The Morgan fingerprint density at radius 2 is 2.13 bits per heavy atom. The molecule has 0 aliphatic carbocycles. The molecule has 0 saturated carbocycles. The molecule has 0 aromatic rings. The highest BCUT2D eigenvalue weighted by Crippen LogP contribution is 2.17. The number of nitrogens with zero attached hydrogens (tertiary/aromatic N) is 1. The molecule has 0 amide bonds. The number of likely N-dealkylation sites (tertiary alicyclic amines) is 1. The van der Waals surface area contributed by atoms with Crippen LogP contribution >= 0.6 is 0 Å². The summed E-state index contributed by atoms with van der Waals surface area (Å²) < 4.78 is 14.9. The Balaban J connectivity index is 2.04. The zero-order valence-electron chi connectivity index (χ0n) is 9.40. The van der Waals surface area contributed by atoms with Crippen LogP contribution in [0.4, 0.5) is 0 Å². The van der Waals surface area contributed by atoms with Gasteiger partial charge in [0.2, 0.25) is 0 Å². The largest absolute Gasteiger partial charge is 0.468 e. The highest BCUT2D eigenvalue weighted by molar-refractivity contribution is 5.76. The second-order valence-electron chi connectivity index (χ2n) is 3.47. The molecule has 1 fully saturated rings. The van der Waals surface area contributed by atoms with Crippen LogP contribution < -0.4 is 0 Å². The molecule has 0 aromatic carbocycles. The van der Waals surface area contributed by atoms with Crippen molar-refractivity contribution < 1.29 is 19.0 Å². The molecule has 0 spiro atoms. The third-order valence-corrected chi connectivity index (χ3v) is 2.56. The first-order valence-electron chi connectivity index (χ1n) is 5.18. The predicted octanol–water partition coefficient (Wildman–Crippen LogP) is -0.103. The summed E-state index contributed by atoms with van der Waals surface area (Å²) in [4.78, 5) is 13.3. The van der Waals surface area contributed by atoms with Crippen LogP contribution in [0.25, 0.3) is 0 Å². The van der Waals surface area contributed by atoms with Crippen molar-refractivity contribution in [3.8, 4) is 0 Å². The average molecular weight is 217 g/mol. The summed E-state index contributed by atoms with van der Waals surface area (Å²) in [6.07, 6.45) is 0.894. The number of hydrogen-bond donors (Lipinski definition) is 0. The molecular formula is C10H19NO4. The van der Waals surface area contributed by atoms with Gasteiger partial charge in [-0.25, -0.2) is 0 Å². The molecule has 1 aliphatic rings. The number of esters is 1. The summed E-state index contributed by atoms with van der Waals surface area (Å²) in [5.74, 6) is -0.141. The van der Waals surface area contributed by atoms with E-state index in [1.54, 1.807) is 7.11 Å². The first-order valence-corrected chi connectivity index (χ1v) is 5.18. The third kappa shape index (κ3) is 3.77. The van der Waals surface area contributed by atoms with E-state index in [4.69, 9.17) is 9.47 Å². The first-order chi connectivity index (χ1) is 7.29. The molecule has 0 aromatic heterocycles. The zero-order valence-corrected chi connectivity index (χ0v) is 9.40. The van der Waals surface area contributed by atoms with Crippen molar-refractivity contribution in [2.75, 3.05) is 47.1 Å². The Bertz CT molecular complexity index is 198. The predicted molar refractivity (Wildman–Crippen MR) is 54.7 cm³/mol. The monoisotopic (exact) mass is 217 g/mol. The van der Waals surface area contributed by atoms with Gasteiger partial charge in [-0.15, -0.1) is 0 Å². The second-order valence-corrected chi connectivity index (χ2v) is 3.47. The lowest BCUT2D eigenvalue weighted by molar-refractivity contribution is -0.152. The Labute approximate surface area is 90.3 Å². The molecule has 1 rings (SSSR count). The average Bonchev–Trinajstić information content (AvgIpc) is 2.21. The van der Waals surface area contributed by atoms with E-state index in [1.165, 1.54) is 7.11 Å². The Morgan fingerprint density at radius 1 is 1.33 bits per heavy atom. The lowest BCUT2D eigenvalue weighted by Crippen LogP contribution is -2.53. The number of rotatable bonds is 7. The summed E-state index contributed by atoms with van der Waals surface area (Å²) in [7, 11) is 3.07. The van der Waals surface area contributed by atoms with Crippen LogP contribution in [0, 0.1) is 0 Å². The molecule has 5 nitrogen and oxygen atoms in total. The number of carbonyl (C=O) groups excluding carboxylic acids is 1. The van der Waals surface area contributed by atoms with Crippen molar-refractivity contribution in [2.45, 2.75) is 12.5 Å². The Kier molecular flexibility index (Phi) is 5.60. The van der Waals surface area contributed by atoms with Crippen molar-refractivity contribution in [1.29, 1.82) is 0 Å². The minimum absolute atomic E-state index is 0.0546. The van der Waals surface area contributed by atoms with Crippen molar-refractivity contribution in [3.63, 3.8) is 0 Å². The smallest absolute Gasteiger partial charge is 0.323 e. The molecule has 88 valence electrons. The van der Waals surface area contributed by atoms with Gasteiger partial charge in [0.1, 0.15) is 6.04 Å². The van der Waals surface area contributed by atoms with Gasteiger partial charge in [0.15, 0.2) is 0 Å². The molecule has 5 heteroatoms. The highest BCUT2D eigenvalue weighted by Gasteiger charge is 2.34. The van der Waals surface area contributed by atoms with Crippen molar-refractivity contribution >= 4 is 5.97 Å². The van der Waals surface area contributed by atoms with Crippen LogP contribution in [-0.4, -0.2) is 64.0 Å². The van der Waals surface area contributed by atoms with Crippen LogP contribution in [0.15, 0.2) is 0 Å². The molecule has 1 atom stereocenters. The van der Waals surface area contributed by atoms with Gasteiger partial charge < -0.3 is 14.2 Å². The van der Waals surface area contributed by atoms with E-state index in [1.807, 2.05) is 0 Å². The van der Waals surface area contributed by atoms with Gasteiger partial charge in [-0.05, 0) is 6.42 Å². The van der Waals surface area contributed by atoms with Crippen LogP contribution in [0.3, 0.4) is 0 Å². The van der Waals surface area contributed by atoms with Crippen LogP contribution in [-0.2, 0) is 19.0 Å². The lowest BCUT2D eigenvalue weighted by atomic mass is 10.0. The van der Waals surface area contributed by atoms with Gasteiger partial charge in [-0.2, -0.15) is 0 Å². The van der Waals surface area contributed by atoms with E-state index in [0.717, 1.165) is 19.5 Å². The van der Waals surface area contributed by atoms with Crippen LogP contribution in [0.2, 0.25) is 0 Å². The van der Waals surface area contributed by atoms with Gasteiger partial charge in [-0.1, -0.05) is 0 Å². The summed E-state index contributed by atoms with van der Waals surface area (Å²) in [5, 5.41) is 0. The van der Waals surface area contributed by atoms with E-state index in [9.17, 15) is 4.79 Å². The summed E-state index contributed by atoms with van der Waals surface area (Å²) >= 11 is 0. The van der Waals surface area contributed by atoms with Crippen molar-refractivity contribution in [1.82, 2.24) is 4.90 Å². The van der Waals surface area contributed by atoms with Crippen molar-refractivity contribution in [2.24, 2.45) is 0 Å². The zero-order chi connectivity index (χ0) is 11.1. The highest BCUT2D eigenvalue weighted by atomic mass is 16.5. The molecule has 15 heavy (non-hydrogen) atoms. The van der Waals surface area contributed by atoms with Crippen LogP contribution in [0.5, 0.6) is 0 Å². The minimum Gasteiger partial charge on any atom is -0.468 e. The quantitative estimate of drug-likeness (QED) is 0.440. The van der Waals surface area contributed by atoms with E-state index in [2.05, 4.69) is 9.64 Å². The number of carbonyl (C=O) groups is 1. The van der Waals surface area contributed by atoms with Gasteiger partial charge in [0.25, 0.3) is 0 Å². The minimum atomic E-state index is -0.141. The number of hydrogen-bond acceptors (Lipinski definition) is 5. The molecule has 1 unspecified atom stereocenters. The van der Waals surface area contributed by atoms with Gasteiger partial charge in [0.05, 0.1) is 26.9 Å². The summed E-state index contributed by atoms with van der Waals surface area (Å²) in [6, 6.07) is -0.0546. The van der Waals surface area contributed by atoms with E-state index >= 15 is 0 Å². The van der Waals surface area contributed by atoms with Gasteiger partial charge in [0, 0.05) is 20.2 Å². The van der Waals surface area contributed by atoms with E-state index in [0.29, 0.717) is 19.8 Å². The molecule has 1 heterocycles. The lowest BCUT2D eigenvalue weighted by Gasteiger charge is -2.38. The van der Waals surface area contributed by atoms with Crippen molar-refractivity contribution in [3.05, 3.63) is 0 Å². The number of methoxy groups -OCH3 is 2. The standard InChI is InChI=1S/C10H19NO4/c1-13-7-8-15-6-5-11-4-3-9(11)10(12)14-2/h9H,3-8H2,1-2H3. The van der Waals surface area contributed by atoms with E-state index in [-0.39, 0.29) is 12.0 Å². The summed E-state index contributed by atoms with van der Waals surface area (Å²) in [6.45, 7) is 3.58. The SMILES string of the molecule is COCCOCCN1CCC1C(=O)OC. The molecular weight excluding hydrogens is 198 g/mol. The number of ether oxygens (including phenoxy) is 3. The molecule has 0 radical (unpaired) electrons. The maximum Gasteiger partial charge on any atom is 0.323 e. The second kappa shape index (κ2) is 6.76. The molecule has 0 N–H and O–H groups in total.